The molecule has 1 aliphatic carbocycles. The highest BCUT2D eigenvalue weighted by Crippen LogP contribution is 2.37. The summed E-state index contributed by atoms with van der Waals surface area (Å²) in [4.78, 5) is 10.6. The standard InChI is InChI=1S/C14H28N2O2/c1-14(2,11-6-4-3-5-7-11)10-16-9-8-12(15)13(17)18/h11-12,16H,3-10,15H2,1-2H3,(H,17,18). The van der Waals surface area contributed by atoms with E-state index in [2.05, 4.69) is 19.2 Å². The molecule has 0 spiro atoms. The van der Waals surface area contributed by atoms with Gasteiger partial charge >= 0.3 is 5.97 Å². The maximum Gasteiger partial charge on any atom is 0.320 e. The molecule has 4 nitrogen and oxygen atoms in total. The Labute approximate surface area is 110 Å². The van der Waals surface area contributed by atoms with Crippen molar-refractivity contribution < 1.29 is 9.90 Å². The molecule has 0 radical (unpaired) electrons. The van der Waals surface area contributed by atoms with E-state index in [9.17, 15) is 4.79 Å². The van der Waals surface area contributed by atoms with Crippen LogP contribution in [0.5, 0.6) is 0 Å². The topological polar surface area (TPSA) is 75.3 Å². The van der Waals surface area contributed by atoms with Gasteiger partial charge < -0.3 is 16.2 Å². The van der Waals surface area contributed by atoms with Crippen LogP contribution in [0.4, 0.5) is 0 Å². The second-order valence-electron chi connectivity index (χ2n) is 6.23. The lowest BCUT2D eigenvalue weighted by Gasteiger charge is -2.37. The van der Waals surface area contributed by atoms with Gasteiger partial charge in [-0.25, -0.2) is 0 Å². The Morgan fingerprint density at radius 2 is 2.00 bits per heavy atom. The van der Waals surface area contributed by atoms with Crippen LogP contribution in [-0.4, -0.2) is 30.2 Å². The number of carboxylic acids is 1. The fraction of sp³-hybridized carbons (Fsp3) is 0.929. The summed E-state index contributed by atoms with van der Waals surface area (Å²) in [6.45, 7) is 6.26. The van der Waals surface area contributed by atoms with Gasteiger partial charge in [0.25, 0.3) is 0 Å². The van der Waals surface area contributed by atoms with Crippen molar-refractivity contribution in [3.63, 3.8) is 0 Å². The summed E-state index contributed by atoms with van der Waals surface area (Å²) in [5.41, 5.74) is 5.77. The highest BCUT2D eigenvalue weighted by molar-refractivity contribution is 5.72. The van der Waals surface area contributed by atoms with Gasteiger partial charge in [-0.1, -0.05) is 33.1 Å². The molecule has 106 valence electrons. The molecule has 1 atom stereocenters. The molecule has 4 N–H and O–H groups in total. The summed E-state index contributed by atoms with van der Waals surface area (Å²) in [5, 5.41) is 12.1. The van der Waals surface area contributed by atoms with Crippen molar-refractivity contribution >= 4 is 5.97 Å². The smallest absolute Gasteiger partial charge is 0.320 e. The molecule has 18 heavy (non-hydrogen) atoms. The summed E-state index contributed by atoms with van der Waals surface area (Å²) in [6, 6.07) is -0.740. The van der Waals surface area contributed by atoms with E-state index in [1.807, 2.05) is 0 Å². The number of nitrogens with two attached hydrogens (primary N) is 1. The second-order valence-corrected chi connectivity index (χ2v) is 6.23. The number of nitrogens with one attached hydrogen (secondary N) is 1. The van der Waals surface area contributed by atoms with E-state index in [0.29, 0.717) is 18.4 Å². The average Bonchev–Trinajstić information content (AvgIpc) is 2.35. The van der Waals surface area contributed by atoms with Gasteiger partial charge in [0.1, 0.15) is 6.04 Å². The Balaban J connectivity index is 2.22. The van der Waals surface area contributed by atoms with Crippen molar-refractivity contribution in [1.29, 1.82) is 0 Å². The molecule has 0 aromatic rings. The van der Waals surface area contributed by atoms with Crippen molar-refractivity contribution in [2.45, 2.75) is 58.4 Å². The third kappa shape index (κ3) is 4.94. The van der Waals surface area contributed by atoms with Crippen LogP contribution >= 0.6 is 0 Å². The minimum atomic E-state index is -0.914. The first kappa shape index (κ1) is 15.4. The Bertz CT molecular complexity index is 261. The van der Waals surface area contributed by atoms with Gasteiger partial charge in [0, 0.05) is 6.54 Å². The molecule has 0 aliphatic heterocycles. The lowest BCUT2D eigenvalue weighted by Crippen LogP contribution is -2.39. The van der Waals surface area contributed by atoms with Crippen molar-refractivity contribution in [2.24, 2.45) is 17.1 Å². The number of rotatable bonds is 7. The SMILES string of the molecule is CC(C)(CNCCC(N)C(=O)O)C1CCCCC1. The zero-order valence-corrected chi connectivity index (χ0v) is 11.7. The molecule has 0 aromatic heterocycles. The highest BCUT2D eigenvalue weighted by atomic mass is 16.4. The predicted octanol–water partition coefficient (Wildman–Crippen LogP) is 1.98. The van der Waals surface area contributed by atoms with Crippen LogP contribution in [0.2, 0.25) is 0 Å². The van der Waals surface area contributed by atoms with Gasteiger partial charge in [-0.05, 0) is 37.1 Å². The molecule has 1 fully saturated rings. The van der Waals surface area contributed by atoms with Gasteiger partial charge in [0.05, 0.1) is 0 Å². The maximum atomic E-state index is 10.6. The van der Waals surface area contributed by atoms with E-state index >= 15 is 0 Å². The fourth-order valence-electron chi connectivity index (χ4n) is 2.82. The van der Waals surface area contributed by atoms with Crippen LogP contribution in [0.25, 0.3) is 0 Å². The van der Waals surface area contributed by atoms with E-state index in [4.69, 9.17) is 10.8 Å². The maximum absolute atomic E-state index is 10.6. The monoisotopic (exact) mass is 256 g/mol. The molecule has 0 heterocycles. The molecule has 0 saturated heterocycles. The molecule has 1 rings (SSSR count). The van der Waals surface area contributed by atoms with Crippen molar-refractivity contribution in [3.8, 4) is 0 Å². The van der Waals surface area contributed by atoms with Gasteiger partial charge in [-0.3, -0.25) is 4.79 Å². The molecule has 1 unspecified atom stereocenters. The Kier molecular flexibility index (Phi) is 6.09. The largest absolute Gasteiger partial charge is 0.480 e. The number of carbonyl (C=O) groups is 1. The normalized spacial score (nSPS) is 19.7. The van der Waals surface area contributed by atoms with E-state index < -0.39 is 12.0 Å². The first-order chi connectivity index (χ1) is 8.43. The van der Waals surface area contributed by atoms with Crippen LogP contribution in [0, 0.1) is 11.3 Å². The van der Waals surface area contributed by atoms with E-state index in [-0.39, 0.29) is 0 Å². The Morgan fingerprint density at radius 1 is 1.39 bits per heavy atom. The summed E-state index contributed by atoms with van der Waals surface area (Å²) in [5.74, 6) is -0.116. The lowest BCUT2D eigenvalue weighted by atomic mass is 9.71. The first-order valence-corrected chi connectivity index (χ1v) is 7.12. The molecule has 1 saturated carbocycles. The molecule has 0 amide bonds. The van der Waals surface area contributed by atoms with E-state index in [0.717, 1.165) is 12.5 Å². The number of hydrogen-bond donors (Lipinski definition) is 3. The highest BCUT2D eigenvalue weighted by Gasteiger charge is 2.30. The Morgan fingerprint density at radius 3 is 2.56 bits per heavy atom. The third-order valence-electron chi connectivity index (χ3n) is 4.24. The van der Waals surface area contributed by atoms with Crippen LogP contribution in [0.1, 0.15) is 52.4 Å². The molecule has 0 bridgehead atoms. The van der Waals surface area contributed by atoms with Crippen LogP contribution in [0.3, 0.4) is 0 Å². The van der Waals surface area contributed by atoms with Gasteiger partial charge in [0.15, 0.2) is 0 Å². The van der Waals surface area contributed by atoms with Crippen molar-refractivity contribution in [3.05, 3.63) is 0 Å². The van der Waals surface area contributed by atoms with E-state index in [1.54, 1.807) is 0 Å². The van der Waals surface area contributed by atoms with Crippen molar-refractivity contribution in [1.82, 2.24) is 5.32 Å². The first-order valence-electron chi connectivity index (χ1n) is 7.12. The molecule has 0 aromatic carbocycles. The summed E-state index contributed by atoms with van der Waals surface area (Å²) < 4.78 is 0. The van der Waals surface area contributed by atoms with Crippen LogP contribution in [-0.2, 0) is 4.79 Å². The van der Waals surface area contributed by atoms with Gasteiger partial charge in [0.2, 0.25) is 0 Å². The van der Waals surface area contributed by atoms with Gasteiger partial charge in [-0.15, -0.1) is 0 Å². The summed E-state index contributed by atoms with van der Waals surface area (Å²) in [7, 11) is 0. The number of aliphatic carboxylic acids is 1. The van der Waals surface area contributed by atoms with Gasteiger partial charge in [-0.2, -0.15) is 0 Å². The number of hydrogen-bond acceptors (Lipinski definition) is 3. The van der Waals surface area contributed by atoms with Crippen LogP contribution < -0.4 is 11.1 Å². The zero-order chi connectivity index (χ0) is 13.6. The molecule has 1 aliphatic rings. The summed E-state index contributed by atoms with van der Waals surface area (Å²) in [6.07, 6.45) is 7.27. The lowest BCUT2D eigenvalue weighted by molar-refractivity contribution is -0.138. The fourth-order valence-corrected chi connectivity index (χ4v) is 2.82. The quantitative estimate of drug-likeness (QED) is 0.609. The molecular weight excluding hydrogens is 228 g/mol. The van der Waals surface area contributed by atoms with Crippen molar-refractivity contribution in [2.75, 3.05) is 13.1 Å². The molecular formula is C14H28N2O2. The van der Waals surface area contributed by atoms with Crippen LogP contribution in [0.15, 0.2) is 0 Å². The van der Waals surface area contributed by atoms with E-state index in [1.165, 1.54) is 32.1 Å². The zero-order valence-electron chi connectivity index (χ0n) is 11.7. The molecule has 4 heteroatoms. The predicted molar refractivity (Wildman–Crippen MR) is 73.5 cm³/mol. The average molecular weight is 256 g/mol. The second kappa shape index (κ2) is 7.10. The minimum Gasteiger partial charge on any atom is -0.480 e. The minimum absolute atomic E-state index is 0.299. The number of carboxylic acid groups (broad SMARTS) is 1. The summed E-state index contributed by atoms with van der Waals surface area (Å²) >= 11 is 0. The Hall–Kier alpha value is -0.610. The third-order valence-corrected chi connectivity index (χ3v) is 4.24.